The fourth-order valence-corrected chi connectivity index (χ4v) is 2.44. The zero-order valence-corrected chi connectivity index (χ0v) is 15.2. The summed E-state index contributed by atoms with van der Waals surface area (Å²) in [6.45, 7) is -0.487. The van der Waals surface area contributed by atoms with E-state index in [2.05, 4.69) is 10.6 Å². The molecule has 2 aromatic rings. The molecular formula is C17H15Cl2F3N2O3. The summed E-state index contributed by atoms with van der Waals surface area (Å²) in [7, 11) is 0. The Hall–Kier alpha value is -2.16. The summed E-state index contributed by atoms with van der Waals surface area (Å²) >= 11 is 11.7. The SMILES string of the molecule is O=C(NCC(O)COc1cccc(C(F)(F)F)c1)Nc1ccc(Cl)cc1Cl. The molecule has 0 spiro atoms. The van der Waals surface area contributed by atoms with E-state index >= 15 is 0 Å². The van der Waals surface area contributed by atoms with Crippen LogP contribution < -0.4 is 15.4 Å². The summed E-state index contributed by atoms with van der Waals surface area (Å²) in [4.78, 5) is 11.8. The maximum atomic E-state index is 12.6. The second kappa shape index (κ2) is 9.16. The first-order valence-corrected chi connectivity index (χ1v) is 8.39. The van der Waals surface area contributed by atoms with Crippen molar-refractivity contribution in [1.82, 2.24) is 5.32 Å². The molecule has 0 aliphatic heterocycles. The van der Waals surface area contributed by atoms with Gasteiger partial charge in [-0.3, -0.25) is 0 Å². The van der Waals surface area contributed by atoms with Gasteiger partial charge in [0, 0.05) is 11.6 Å². The number of anilines is 1. The van der Waals surface area contributed by atoms with Crippen LogP contribution in [0.4, 0.5) is 23.7 Å². The molecule has 3 N–H and O–H groups in total. The lowest BCUT2D eigenvalue weighted by Crippen LogP contribution is -2.37. The number of carbonyl (C=O) groups is 1. The van der Waals surface area contributed by atoms with Crippen LogP contribution in [0.1, 0.15) is 5.56 Å². The zero-order valence-electron chi connectivity index (χ0n) is 13.7. The van der Waals surface area contributed by atoms with E-state index in [0.717, 1.165) is 12.1 Å². The molecule has 146 valence electrons. The standard InChI is InChI=1S/C17H15Cl2F3N2O3/c18-11-4-5-15(14(19)7-11)24-16(26)23-8-12(25)9-27-13-3-1-2-10(6-13)17(20,21)22/h1-7,12,25H,8-9H2,(H2,23,24,26). The summed E-state index contributed by atoms with van der Waals surface area (Å²) < 4.78 is 43.0. The number of rotatable bonds is 6. The molecule has 2 rings (SSSR count). The van der Waals surface area contributed by atoms with E-state index in [9.17, 15) is 23.1 Å². The Morgan fingerprint density at radius 1 is 1.19 bits per heavy atom. The van der Waals surface area contributed by atoms with Crippen LogP contribution in [0.15, 0.2) is 42.5 Å². The van der Waals surface area contributed by atoms with Crippen LogP contribution in [-0.4, -0.2) is 30.4 Å². The molecule has 0 fully saturated rings. The highest BCUT2D eigenvalue weighted by molar-refractivity contribution is 6.36. The first kappa shape index (κ1) is 21.1. The summed E-state index contributed by atoms with van der Waals surface area (Å²) in [6.07, 6.45) is -5.62. The van der Waals surface area contributed by atoms with Gasteiger partial charge in [-0.2, -0.15) is 13.2 Å². The fourth-order valence-electron chi connectivity index (χ4n) is 1.98. The number of alkyl halides is 3. The Labute approximate surface area is 163 Å². The van der Waals surface area contributed by atoms with Crippen molar-refractivity contribution >= 4 is 34.9 Å². The van der Waals surface area contributed by atoms with Crippen LogP contribution in [0, 0.1) is 0 Å². The van der Waals surface area contributed by atoms with Gasteiger partial charge in [0.05, 0.1) is 16.3 Å². The minimum atomic E-state index is -4.49. The Bertz CT molecular complexity index is 803. The Balaban J connectivity index is 1.79. The largest absolute Gasteiger partial charge is 0.491 e. The van der Waals surface area contributed by atoms with E-state index in [1.54, 1.807) is 6.07 Å². The number of urea groups is 1. The molecule has 0 saturated heterocycles. The summed E-state index contributed by atoms with van der Waals surface area (Å²) in [6, 6.07) is 8.16. The van der Waals surface area contributed by atoms with Crippen molar-refractivity contribution < 1.29 is 27.8 Å². The summed E-state index contributed by atoms with van der Waals surface area (Å²) in [5, 5.41) is 15.3. The molecule has 0 radical (unpaired) electrons. The first-order valence-electron chi connectivity index (χ1n) is 7.63. The number of aliphatic hydroxyl groups excluding tert-OH is 1. The van der Waals surface area contributed by atoms with Crippen LogP contribution in [0.5, 0.6) is 5.75 Å². The Kier molecular flexibility index (Phi) is 7.18. The number of amides is 2. The topological polar surface area (TPSA) is 70.6 Å². The van der Waals surface area contributed by atoms with Crippen LogP contribution in [0.25, 0.3) is 0 Å². The average Bonchev–Trinajstić information content (AvgIpc) is 2.60. The van der Waals surface area contributed by atoms with Gasteiger partial charge >= 0.3 is 12.2 Å². The van der Waals surface area contributed by atoms with Crippen LogP contribution in [-0.2, 0) is 6.18 Å². The highest BCUT2D eigenvalue weighted by atomic mass is 35.5. The number of benzene rings is 2. The normalized spacial score (nSPS) is 12.4. The van der Waals surface area contributed by atoms with Crippen molar-refractivity contribution in [3.05, 3.63) is 58.1 Å². The summed E-state index contributed by atoms with van der Waals surface area (Å²) in [5.74, 6) is -0.0405. The van der Waals surface area contributed by atoms with Crippen molar-refractivity contribution in [2.75, 3.05) is 18.5 Å². The molecule has 2 aromatic carbocycles. The molecule has 5 nitrogen and oxygen atoms in total. The van der Waals surface area contributed by atoms with Gasteiger partial charge in [-0.15, -0.1) is 0 Å². The molecule has 0 aromatic heterocycles. The molecule has 0 heterocycles. The van der Waals surface area contributed by atoms with Crippen molar-refractivity contribution in [2.24, 2.45) is 0 Å². The van der Waals surface area contributed by atoms with Gasteiger partial charge in [0.25, 0.3) is 0 Å². The van der Waals surface area contributed by atoms with Crippen LogP contribution in [0.3, 0.4) is 0 Å². The van der Waals surface area contributed by atoms with Crippen LogP contribution >= 0.6 is 23.2 Å². The van der Waals surface area contributed by atoms with Crippen molar-refractivity contribution in [3.8, 4) is 5.75 Å². The molecular weight excluding hydrogens is 408 g/mol. The van der Waals surface area contributed by atoms with Gasteiger partial charge in [0.1, 0.15) is 18.5 Å². The maximum absolute atomic E-state index is 12.6. The maximum Gasteiger partial charge on any atom is 0.416 e. The minimum Gasteiger partial charge on any atom is -0.491 e. The lowest BCUT2D eigenvalue weighted by molar-refractivity contribution is -0.137. The smallest absolute Gasteiger partial charge is 0.416 e. The molecule has 1 unspecified atom stereocenters. The van der Waals surface area contributed by atoms with E-state index < -0.39 is 23.9 Å². The van der Waals surface area contributed by atoms with Gasteiger partial charge < -0.3 is 20.5 Å². The summed E-state index contributed by atoms with van der Waals surface area (Å²) in [5.41, 5.74) is -0.528. The molecule has 0 bridgehead atoms. The molecule has 0 aliphatic carbocycles. The highest BCUT2D eigenvalue weighted by Crippen LogP contribution is 2.31. The number of hydrogen-bond acceptors (Lipinski definition) is 3. The fraction of sp³-hybridized carbons (Fsp3) is 0.235. The predicted molar refractivity (Wildman–Crippen MR) is 96.4 cm³/mol. The minimum absolute atomic E-state index is 0.0405. The van der Waals surface area contributed by atoms with Crippen molar-refractivity contribution in [3.63, 3.8) is 0 Å². The molecule has 1 atom stereocenters. The zero-order chi connectivity index (χ0) is 20.0. The molecule has 27 heavy (non-hydrogen) atoms. The Morgan fingerprint density at radius 3 is 2.59 bits per heavy atom. The Morgan fingerprint density at radius 2 is 1.93 bits per heavy atom. The number of hydrogen-bond donors (Lipinski definition) is 3. The van der Waals surface area contributed by atoms with Gasteiger partial charge in [-0.05, 0) is 36.4 Å². The van der Waals surface area contributed by atoms with E-state index in [-0.39, 0.29) is 23.9 Å². The van der Waals surface area contributed by atoms with Crippen LogP contribution in [0.2, 0.25) is 10.0 Å². The monoisotopic (exact) mass is 422 g/mol. The number of ether oxygens (including phenoxy) is 1. The predicted octanol–water partition coefficient (Wildman–Crippen LogP) is 4.57. The van der Waals surface area contributed by atoms with Gasteiger partial charge in [0.15, 0.2) is 0 Å². The first-order chi connectivity index (χ1) is 12.6. The van der Waals surface area contributed by atoms with E-state index in [1.807, 2.05) is 0 Å². The van der Waals surface area contributed by atoms with Gasteiger partial charge in [-0.1, -0.05) is 29.3 Å². The van der Waals surface area contributed by atoms with Crippen molar-refractivity contribution in [2.45, 2.75) is 12.3 Å². The molecule has 0 aliphatic rings. The molecule has 0 saturated carbocycles. The third-order valence-electron chi connectivity index (χ3n) is 3.28. The third-order valence-corrected chi connectivity index (χ3v) is 3.83. The van der Waals surface area contributed by atoms with E-state index in [4.69, 9.17) is 27.9 Å². The molecule has 2 amide bonds. The highest BCUT2D eigenvalue weighted by Gasteiger charge is 2.30. The average molecular weight is 423 g/mol. The van der Waals surface area contributed by atoms with E-state index in [0.29, 0.717) is 10.7 Å². The quantitative estimate of drug-likeness (QED) is 0.638. The lowest BCUT2D eigenvalue weighted by atomic mass is 10.2. The number of aliphatic hydroxyl groups is 1. The van der Waals surface area contributed by atoms with Crippen molar-refractivity contribution in [1.29, 1.82) is 0 Å². The number of carbonyl (C=O) groups excluding carboxylic acids is 1. The second-order valence-corrected chi connectivity index (χ2v) is 6.29. The molecule has 10 heteroatoms. The van der Waals surface area contributed by atoms with Gasteiger partial charge in [-0.25, -0.2) is 4.79 Å². The number of halogens is 5. The lowest BCUT2D eigenvalue weighted by Gasteiger charge is -2.15. The third kappa shape index (κ3) is 6.82. The van der Waals surface area contributed by atoms with E-state index in [1.165, 1.54) is 24.3 Å². The second-order valence-electron chi connectivity index (χ2n) is 5.45. The van der Waals surface area contributed by atoms with Gasteiger partial charge in [0.2, 0.25) is 0 Å². The number of nitrogens with one attached hydrogen (secondary N) is 2.